The van der Waals surface area contributed by atoms with Gasteiger partial charge in [-0.2, -0.15) is 0 Å². The lowest BCUT2D eigenvalue weighted by Gasteiger charge is -2.07. The Morgan fingerprint density at radius 3 is 2.45 bits per heavy atom. The van der Waals surface area contributed by atoms with Gasteiger partial charge in [-0.25, -0.2) is 0 Å². The van der Waals surface area contributed by atoms with Crippen molar-refractivity contribution in [2.75, 3.05) is 21.3 Å². The van der Waals surface area contributed by atoms with Gasteiger partial charge in [0.2, 0.25) is 5.91 Å². The summed E-state index contributed by atoms with van der Waals surface area (Å²) in [7, 11) is 4.75. The SMILES string of the molecule is COc1ccc(-c2cc(CNC(=O)/C=C/c3ccc(OC)c(OC)c3)no2)cc1. The smallest absolute Gasteiger partial charge is 0.244 e. The van der Waals surface area contributed by atoms with Gasteiger partial charge in [-0.05, 0) is 48.0 Å². The third-order valence-corrected chi connectivity index (χ3v) is 4.21. The van der Waals surface area contributed by atoms with E-state index < -0.39 is 0 Å². The number of amides is 1. The van der Waals surface area contributed by atoms with E-state index in [1.165, 1.54) is 6.08 Å². The molecule has 1 amide bonds. The Kier molecular flexibility index (Phi) is 6.52. The summed E-state index contributed by atoms with van der Waals surface area (Å²) in [6, 6.07) is 14.7. The minimum atomic E-state index is -0.242. The molecule has 1 heterocycles. The monoisotopic (exact) mass is 394 g/mol. The van der Waals surface area contributed by atoms with E-state index >= 15 is 0 Å². The number of ether oxygens (including phenoxy) is 3. The molecule has 3 rings (SSSR count). The third-order valence-electron chi connectivity index (χ3n) is 4.21. The molecule has 1 aromatic heterocycles. The predicted molar refractivity (Wildman–Crippen MR) is 109 cm³/mol. The number of carbonyl (C=O) groups is 1. The Morgan fingerprint density at radius 1 is 1.00 bits per heavy atom. The molecule has 2 aromatic carbocycles. The van der Waals surface area contributed by atoms with Crippen LogP contribution in [-0.2, 0) is 11.3 Å². The predicted octanol–water partition coefficient (Wildman–Crippen LogP) is 3.70. The molecule has 0 unspecified atom stereocenters. The van der Waals surface area contributed by atoms with Crippen LogP contribution in [0, 0.1) is 0 Å². The Bertz CT molecular complexity index is 993. The number of rotatable bonds is 8. The minimum Gasteiger partial charge on any atom is -0.497 e. The van der Waals surface area contributed by atoms with Gasteiger partial charge in [-0.3, -0.25) is 4.79 Å². The van der Waals surface area contributed by atoms with E-state index in [0.717, 1.165) is 16.9 Å². The van der Waals surface area contributed by atoms with Crippen molar-refractivity contribution in [3.05, 3.63) is 65.9 Å². The maximum Gasteiger partial charge on any atom is 0.244 e. The van der Waals surface area contributed by atoms with Crippen molar-refractivity contribution >= 4 is 12.0 Å². The van der Waals surface area contributed by atoms with Crippen LogP contribution in [0.4, 0.5) is 0 Å². The molecule has 0 saturated heterocycles. The molecule has 1 N–H and O–H groups in total. The second-order valence-electron chi connectivity index (χ2n) is 6.08. The zero-order valence-corrected chi connectivity index (χ0v) is 16.5. The van der Waals surface area contributed by atoms with Gasteiger partial charge in [0.1, 0.15) is 11.4 Å². The first-order valence-corrected chi connectivity index (χ1v) is 8.91. The number of hydrogen-bond acceptors (Lipinski definition) is 6. The van der Waals surface area contributed by atoms with E-state index in [-0.39, 0.29) is 12.5 Å². The van der Waals surface area contributed by atoms with Gasteiger partial charge in [-0.1, -0.05) is 11.2 Å². The van der Waals surface area contributed by atoms with Crippen molar-refractivity contribution in [3.8, 4) is 28.6 Å². The topological polar surface area (TPSA) is 82.8 Å². The molecule has 0 aliphatic heterocycles. The van der Waals surface area contributed by atoms with Crippen LogP contribution in [0.25, 0.3) is 17.4 Å². The highest BCUT2D eigenvalue weighted by atomic mass is 16.5. The second kappa shape index (κ2) is 9.45. The Labute approximate surface area is 168 Å². The third kappa shape index (κ3) is 5.16. The Balaban J connectivity index is 1.57. The number of hydrogen-bond donors (Lipinski definition) is 1. The van der Waals surface area contributed by atoms with Crippen LogP contribution in [0.3, 0.4) is 0 Å². The van der Waals surface area contributed by atoms with Gasteiger partial charge < -0.3 is 24.1 Å². The van der Waals surface area contributed by atoms with Crippen LogP contribution in [-0.4, -0.2) is 32.4 Å². The number of aromatic nitrogens is 1. The summed E-state index contributed by atoms with van der Waals surface area (Å²) in [5, 5.41) is 6.77. The fourth-order valence-electron chi connectivity index (χ4n) is 2.65. The van der Waals surface area contributed by atoms with Gasteiger partial charge in [0.05, 0.1) is 27.9 Å². The number of nitrogens with zero attached hydrogens (tertiary/aromatic N) is 1. The molecule has 0 saturated carbocycles. The molecule has 0 spiro atoms. The van der Waals surface area contributed by atoms with E-state index in [1.807, 2.05) is 30.3 Å². The van der Waals surface area contributed by atoms with Crippen LogP contribution >= 0.6 is 0 Å². The van der Waals surface area contributed by atoms with Crippen LogP contribution in [0.5, 0.6) is 17.2 Å². The van der Waals surface area contributed by atoms with Crippen LogP contribution in [0.15, 0.2) is 59.1 Å². The summed E-state index contributed by atoms with van der Waals surface area (Å²) in [5.41, 5.74) is 2.33. The molecule has 0 bridgehead atoms. The Morgan fingerprint density at radius 2 is 1.76 bits per heavy atom. The highest BCUT2D eigenvalue weighted by molar-refractivity contribution is 5.91. The quantitative estimate of drug-likeness (QED) is 0.587. The molecule has 0 fully saturated rings. The minimum absolute atomic E-state index is 0.242. The average molecular weight is 394 g/mol. The molecule has 0 aliphatic rings. The fourth-order valence-corrected chi connectivity index (χ4v) is 2.65. The second-order valence-corrected chi connectivity index (χ2v) is 6.08. The molecule has 150 valence electrons. The van der Waals surface area contributed by atoms with E-state index in [1.54, 1.807) is 45.6 Å². The molecule has 0 radical (unpaired) electrons. The maximum absolute atomic E-state index is 12.1. The number of nitrogens with one attached hydrogen (secondary N) is 1. The maximum atomic E-state index is 12.1. The van der Waals surface area contributed by atoms with Crippen LogP contribution < -0.4 is 19.5 Å². The summed E-state index contributed by atoms with van der Waals surface area (Å²) in [6.45, 7) is 0.259. The van der Waals surface area contributed by atoms with Gasteiger partial charge in [0.25, 0.3) is 0 Å². The van der Waals surface area contributed by atoms with Gasteiger partial charge in [-0.15, -0.1) is 0 Å². The van der Waals surface area contributed by atoms with Crippen molar-refractivity contribution < 1.29 is 23.5 Å². The van der Waals surface area contributed by atoms with Gasteiger partial charge in [0, 0.05) is 17.7 Å². The van der Waals surface area contributed by atoms with Crippen molar-refractivity contribution in [1.82, 2.24) is 10.5 Å². The standard InChI is InChI=1S/C22H22N2O5/c1-26-18-8-6-16(7-9-18)20-13-17(24-29-20)14-23-22(25)11-5-15-4-10-19(27-2)21(12-15)28-3/h4-13H,14H2,1-3H3,(H,23,25)/b11-5+. The first kappa shape index (κ1) is 20.0. The summed E-state index contributed by atoms with van der Waals surface area (Å²) in [5.74, 6) is 2.38. The van der Waals surface area contributed by atoms with Crippen molar-refractivity contribution in [1.29, 1.82) is 0 Å². The normalized spacial score (nSPS) is 10.7. The van der Waals surface area contributed by atoms with Crippen LogP contribution in [0.2, 0.25) is 0 Å². The first-order chi connectivity index (χ1) is 14.1. The van der Waals surface area contributed by atoms with E-state index in [9.17, 15) is 4.79 Å². The van der Waals surface area contributed by atoms with Gasteiger partial charge in [0.15, 0.2) is 17.3 Å². The average Bonchev–Trinajstić information content (AvgIpc) is 3.25. The first-order valence-electron chi connectivity index (χ1n) is 8.91. The number of carbonyl (C=O) groups excluding carboxylic acids is 1. The molecule has 0 aliphatic carbocycles. The molecule has 3 aromatic rings. The van der Waals surface area contributed by atoms with Crippen molar-refractivity contribution in [2.24, 2.45) is 0 Å². The zero-order chi connectivity index (χ0) is 20.6. The molecule has 7 heteroatoms. The van der Waals surface area contributed by atoms with Crippen molar-refractivity contribution in [2.45, 2.75) is 6.54 Å². The van der Waals surface area contributed by atoms with E-state index in [0.29, 0.717) is 23.0 Å². The summed E-state index contributed by atoms with van der Waals surface area (Å²) < 4.78 is 20.9. The fraction of sp³-hybridized carbons (Fsp3) is 0.182. The lowest BCUT2D eigenvalue weighted by atomic mass is 10.1. The lowest BCUT2D eigenvalue weighted by molar-refractivity contribution is -0.116. The van der Waals surface area contributed by atoms with Gasteiger partial charge >= 0.3 is 0 Å². The largest absolute Gasteiger partial charge is 0.497 e. The van der Waals surface area contributed by atoms with E-state index in [4.69, 9.17) is 18.7 Å². The lowest BCUT2D eigenvalue weighted by Crippen LogP contribution is -2.20. The number of methoxy groups -OCH3 is 3. The summed E-state index contributed by atoms with van der Waals surface area (Å²) in [6.07, 6.45) is 3.15. The summed E-state index contributed by atoms with van der Waals surface area (Å²) in [4.78, 5) is 12.1. The molecule has 0 atom stereocenters. The highest BCUT2D eigenvalue weighted by Crippen LogP contribution is 2.28. The summed E-state index contributed by atoms with van der Waals surface area (Å²) >= 11 is 0. The van der Waals surface area contributed by atoms with Crippen LogP contribution in [0.1, 0.15) is 11.3 Å². The molecule has 7 nitrogen and oxygen atoms in total. The molecular weight excluding hydrogens is 372 g/mol. The highest BCUT2D eigenvalue weighted by Gasteiger charge is 2.08. The molecule has 29 heavy (non-hydrogen) atoms. The van der Waals surface area contributed by atoms with E-state index in [2.05, 4.69) is 10.5 Å². The molecular formula is C22H22N2O5. The zero-order valence-electron chi connectivity index (χ0n) is 16.5. The van der Waals surface area contributed by atoms with Crippen molar-refractivity contribution in [3.63, 3.8) is 0 Å². The number of benzene rings is 2. The Hall–Kier alpha value is -3.74.